The van der Waals surface area contributed by atoms with Crippen LogP contribution in [0.2, 0.25) is 5.02 Å². The minimum absolute atomic E-state index is 0.0225. The van der Waals surface area contributed by atoms with Crippen LogP contribution in [0.15, 0.2) is 36.5 Å². The van der Waals surface area contributed by atoms with Gasteiger partial charge in [-0.25, -0.2) is 0 Å². The Balaban J connectivity index is 0.00000107. The summed E-state index contributed by atoms with van der Waals surface area (Å²) in [4.78, 5) is 33.2. The maximum atomic E-state index is 12.5. The fraction of sp³-hybridized carbons (Fsp3) is 0.435. The number of amides is 2. The normalized spacial score (nSPS) is 17.8. The van der Waals surface area contributed by atoms with Gasteiger partial charge >= 0.3 is 0 Å². The third-order valence-corrected chi connectivity index (χ3v) is 6.08. The first-order valence-electron chi connectivity index (χ1n) is 10.4. The van der Waals surface area contributed by atoms with Crippen LogP contribution in [0.25, 0.3) is 0 Å². The Morgan fingerprint density at radius 2 is 1.84 bits per heavy atom. The zero-order valence-corrected chi connectivity index (χ0v) is 18.7. The third kappa shape index (κ3) is 7.14. The standard InChI is InChI=1S/C22H28ClN3O2.CH2O2/c1-15-19(12-14-26(15)2)22(28)25-18-9-7-17(8-10-18)21(27)24-13-11-16-5-3-4-6-20(16)23;2-1-3/h3-6,12,14,17-18H,7-11,13H2,1-2H3,(H,24,27)(H,25,28);1H,(H,2,3). The predicted molar refractivity (Wildman–Crippen MR) is 120 cm³/mol. The summed E-state index contributed by atoms with van der Waals surface area (Å²) in [6.07, 6.45) is 5.90. The van der Waals surface area contributed by atoms with Gasteiger partial charge in [0, 0.05) is 42.5 Å². The van der Waals surface area contributed by atoms with E-state index >= 15 is 0 Å². The molecule has 1 aromatic carbocycles. The molecule has 1 fully saturated rings. The second-order valence-corrected chi connectivity index (χ2v) is 8.09. The first kappa shape index (κ1) is 24.5. The number of carbonyl (C=O) groups excluding carboxylic acids is 2. The molecule has 0 aliphatic heterocycles. The SMILES string of the molecule is Cc1c(C(=O)NC2CCC(C(=O)NCCc3ccccc3Cl)CC2)ccn1C.O=CO. The molecule has 0 radical (unpaired) electrons. The van der Waals surface area contributed by atoms with E-state index in [1.165, 1.54) is 0 Å². The second-order valence-electron chi connectivity index (χ2n) is 7.69. The number of aryl methyl sites for hydroxylation is 1. The lowest BCUT2D eigenvalue weighted by atomic mass is 9.85. The highest BCUT2D eigenvalue weighted by Crippen LogP contribution is 2.25. The zero-order valence-electron chi connectivity index (χ0n) is 17.9. The van der Waals surface area contributed by atoms with E-state index in [0.717, 1.165) is 53.9 Å². The number of hydrogen-bond acceptors (Lipinski definition) is 3. The Bertz CT molecular complexity index is 889. The predicted octanol–water partition coefficient (Wildman–Crippen LogP) is 3.34. The van der Waals surface area contributed by atoms with Gasteiger partial charge in [0.1, 0.15) is 0 Å². The molecule has 0 spiro atoms. The molecule has 1 aromatic heterocycles. The Morgan fingerprint density at radius 3 is 2.42 bits per heavy atom. The van der Waals surface area contributed by atoms with E-state index in [1.54, 1.807) is 0 Å². The van der Waals surface area contributed by atoms with Gasteiger partial charge in [0.25, 0.3) is 12.4 Å². The van der Waals surface area contributed by atoms with Crippen LogP contribution < -0.4 is 10.6 Å². The summed E-state index contributed by atoms with van der Waals surface area (Å²) in [6.45, 7) is 2.28. The van der Waals surface area contributed by atoms with Crippen molar-refractivity contribution in [1.82, 2.24) is 15.2 Å². The summed E-state index contributed by atoms with van der Waals surface area (Å²) >= 11 is 6.15. The van der Waals surface area contributed by atoms with Gasteiger partial charge in [-0.2, -0.15) is 0 Å². The van der Waals surface area contributed by atoms with Gasteiger partial charge in [0.2, 0.25) is 5.91 Å². The van der Waals surface area contributed by atoms with Gasteiger partial charge in [-0.1, -0.05) is 29.8 Å². The van der Waals surface area contributed by atoms with Crippen LogP contribution in [0.3, 0.4) is 0 Å². The average molecular weight is 448 g/mol. The van der Waals surface area contributed by atoms with Gasteiger partial charge in [-0.05, 0) is 56.7 Å². The van der Waals surface area contributed by atoms with Crippen LogP contribution in [0.4, 0.5) is 0 Å². The molecule has 0 atom stereocenters. The fourth-order valence-electron chi connectivity index (χ4n) is 3.78. The molecule has 8 heteroatoms. The number of carbonyl (C=O) groups is 3. The summed E-state index contributed by atoms with van der Waals surface area (Å²) in [5.74, 6) is 0.110. The molecule has 0 unspecified atom stereocenters. The molecule has 1 aliphatic rings. The van der Waals surface area contributed by atoms with E-state index in [1.807, 2.05) is 55.1 Å². The largest absolute Gasteiger partial charge is 0.483 e. The molecule has 3 rings (SSSR count). The highest BCUT2D eigenvalue weighted by molar-refractivity contribution is 6.31. The Labute approximate surface area is 187 Å². The summed E-state index contributed by atoms with van der Waals surface area (Å²) in [5.41, 5.74) is 2.73. The molecule has 2 amide bonds. The second kappa shape index (κ2) is 12.2. The van der Waals surface area contributed by atoms with Crippen LogP contribution in [-0.4, -0.2) is 40.5 Å². The van der Waals surface area contributed by atoms with Gasteiger partial charge in [-0.3, -0.25) is 14.4 Å². The molecule has 1 aliphatic carbocycles. The first-order chi connectivity index (χ1) is 14.9. The highest BCUT2D eigenvalue weighted by atomic mass is 35.5. The molecule has 1 saturated carbocycles. The van der Waals surface area contributed by atoms with Crippen molar-refractivity contribution in [3.8, 4) is 0 Å². The molecule has 2 aromatic rings. The van der Waals surface area contributed by atoms with E-state index in [-0.39, 0.29) is 30.2 Å². The number of aromatic nitrogens is 1. The fourth-order valence-corrected chi connectivity index (χ4v) is 4.01. The lowest BCUT2D eigenvalue weighted by molar-refractivity contribution is -0.126. The van der Waals surface area contributed by atoms with Gasteiger partial charge in [0.05, 0.1) is 5.56 Å². The quantitative estimate of drug-likeness (QED) is 0.591. The van der Waals surface area contributed by atoms with Crippen molar-refractivity contribution in [3.05, 3.63) is 58.4 Å². The van der Waals surface area contributed by atoms with Crippen LogP contribution in [-0.2, 0) is 23.1 Å². The number of nitrogens with zero attached hydrogens (tertiary/aromatic N) is 1. The number of nitrogens with one attached hydrogen (secondary N) is 2. The highest BCUT2D eigenvalue weighted by Gasteiger charge is 2.27. The maximum absolute atomic E-state index is 12.5. The molecular weight excluding hydrogens is 418 g/mol. The monoisotopic (exact) mass is 447 g/mol. The minimum Gasteiger partial charge on any atom is -0.483 e. The van der Waals surface area contributed by atoms with Crippen LogP contribution >= 0.6 is 11.6 Å². The van der Waals surface area contributed by atoms with E-state index in [2.05, 4.69) is 10.6 Å². The minimum atomic E-state index is -0.250. The van der Waals surface area contributed by atoms with Crippen molar-refractivity contribution < 1.29 is 19.5 Å². The summed E-state index contributed by atoms with van der Waals surface area (Å²) in [5, 5.41) is 13.8. The topological polar surface area (TPSA) is 100 Å². The van der Waals surface area contributed by atoms with Gasteiger partial charge < -0.3 is 20.3 Å². The number of carboxylic acid groups (broad SMARTS) is 1. The van der Waals surface area contributed by atoms with Crippen molar-refractivity contribution in [2.24, 2.45) is 13.0 Å². The number of halogens is 1. The molecule has 0 saturated heterocycles. The Hall–Kier alpha value is -2.80. The van der Waals surface area contributed by atoms with Crippen LogP contribution in [0, 0.1) is 12.8 Å². The molecule has 1 heterocycles. The van der Waals surface area contributed by atoms with E-state index in [9.17, 15) is 9.59 Å². The third-order valence-electron chi connectivity index (χ3n) is 5.71. The average Bonchev–Trinajstić information content (AvgIpc) is 3.09. The van der Waals surface area contributed by atoms with Crippen molar-refractivity contribution >= 4 is 29.9 Å². The number of rotatable bonds is 6. The molecule has 0 bridgehead atoms. The van der Waals surface area contributed by atoms with Gasteiger partial charge in [-0.15, -0.1) is 0 Å². The first-order valence-corrected chi connectivity index (χ1v) is 10.8. The van der Waals surface area contributed by atoms with E-state index in [4.69, 9.17) is 21.5 Å². The van der Waals surface area contributed by atoms with Crippen molar-refractivity contribution in [1.29, 1.82) is 0 Å². The number of benzene rings is 1. The number of hydrogen-bond donors (Lipinski definition) is 3. The van der Waals surface area contributed by atoms with Crippen molar-refractivity contribution in [3.63, 3.8) is 0 Å². The lowest BCUT2D eigenvalue weighted by Gasteiger charge is -2.28. The Kier molecular flexibility index (Phi) is 9.59. The molecule has 168 valence electrons. The zero-order chi connectivity index (χ0) is 22.8. The van der Waals surface area contributed by atoms with Gasteiger partial charge in [0.15, 0.2) is 0 Å². The smallest absolute Gasteiger partial charge is 0.290 e. The molecule has 31 heavy (non-hydrogen) atoms. The Morgan fingerprint density at radius 1 is 1.19 bits per heavy atom. The van der Waals surface area contributed by atoms with Crippen molar-refractivity contribution in [2.45, 2.75) is 45.1 Å². The van der Waals surface area contributed by atoms with Crippen LogP contribution in [0.1, 0.15) is 47.3 Å². The van der Waals surface area contributed by atoms with E-state index in [0.29, 0.717) is 6.54 Å². The summed E-state index contributed by atoms with van der Waals surface area (Å²) < 4.78 is 1.94. The maximum Gasteiger partial charge on any atom is 0.290 e. The lowest BCUT2D eigenvalue weighted by Crippen LogP contribution is -2.41. The summed E-state index contributed by atoms with van der Waals surface area (Å²) in [7, 11) is 1.93. The molecular formula is C23H30ClN3O4. The van der Waals surface area contributed by atoms with Crippen LogP contribution in [0.5, 0.6) is 0 Å². The molecule has 7 nitrogen and oxygen atoms in total. The molecule has 3 N–H and O–H groups in total. The van der Waals surface area contributed by atoms with Crippen molar-refractivity contribution in [2.75, 3.05) is 6.54 Å². The van der Waals surface area contributed by atoms with E-state index < -0.39 is 0 Å². The summed E-state index contributed by atoms with van der Waals surface area (Å²) in [6, 6.07) is 9.69.